The summed E-state index contributed by atoms with van der Waals surface area (Å²) < 4.78 is 146. The lowest BCUT2D eigenvalue weighted by atomic mass is 9.47. The molecule has 0 amide bonds. The molecule has 0 bridgehead atoms. The third kappa shape index (κ3) is 2.92. The highest BCUT2D eigenvalue weighted by molar-refractivity contribution is 5.72. The van der Waals surface area contributed by atoms with E-state index in [9.17, 15) is 7.54 Å². The molecule has 0 N–H and O–H groups in total. The fourth-order valence-electron chi connectivity index (χ4n) is 5.45. The van der Waals surface area contributed by atoms with Gasteiger partial charge in [-0.3, -0.25) is 9.78 Å². The summed E-state index contributed by atoms with van der Waals surface area (Å²) in [5.74, 6) is -4.58. The Morgan fingerprint density at radius 3 is 2.93 bits per heavy atom. The lowest BCUT2D eigenvalue weighted by Crippen LogP contribution is -2.50. The number of nitrogens with zero attached hydrogens (tertiary/aromatic N) is 1. The number of esters is 1. The fraction of sp³-hybridized carbons (Fsp3) is 0.615. The van der Waals surface area contributed by atoms with E-state index in [0.29, 0.717) is 0 Å². The minimum Gasteiger partial charge on any atom is -0.462 e. The average Bonchev–Trinajstić information content (AvgIpc) is 3.16. The van der Waals surface area contributed by atoms with Crippen LogP contribution in [-0.4, -0.2) is 17.1 Å². The summed E-state index contributed by atoms with van der Waals surface area (Å²) in [6, 6.07) is -2.20. The van der Waals surface area contributed by atoms with Crippen LogP contribution in [0.3, 0.4) is 0 Å². The van der Waals surface area contributed by atoms with Crippen LogP contribution in [0.2, 0.25) is 0 Å². The van der Waals surface area contributed by atoms with E-state index in [1.54, 1.807) is 0 Å². The number of fused-ring (bicyclic) bond motifs is 5. The van der Waals surface area contributed by atoms with E-state index in [0.717, 1.165) is 6.92 Å². The Hall–Kier alpha value is -1.90. The predicted molar refractivity (Wildman–Crippen MR) is 115 cm³/mol. The van der Waals surface area contributed by atoms with E-state index < -0.39 is 128 Å². The van der Waals surface area contributed by atoms with Crippen LogP contribution in [0, 0.1) is 28.6 Å². The molecule has 0 aromatic carbocycles. The second-order valence-corrected chi connectivity index (χ2v) is 8.27. The molecule has 3 unspecified atom stereocenters. The number of hydrogen-bond acceptors (Lipinski definition) is 3. The molecule has 154 valence electrons. The van der Waals surface area contributed by atoms with E-state index in [-0.39, 0.29) is 24.5 Å². The highest BCUT2D eigenvalue weighted by Gasteiger charge is 2.56. The monoisotopic (exact) mass is 407 g/mol. The molecule has 2 saturated carbocycles. The van der Waals surface area contributed by atoms with Gasteiger partial charge in [0.05, 0.1) is 8.22 Å². The molecule has 1 aromatic rings. The molecule has 0 radical (unpaired) electrons. The Morgan fingerprint density at radius 2 is 2.10 bits per heavy atom. The van der Waals surface area contributed by atoms with Crippen LogP contribution in [-0.2, 0) is 9.53 Å². The van der Waals surface area contributed by atoms with Crippen LogP contribution in [0.25, 0.3) is 5.57 Å². The molecule has 29 heavy (non-hydrogen) atoms. The van der Waals surface area contributed by atoms with Gasteiger partial charge in [-0.15, -0.1) is 0 Å². The Morgan fingerprint density at radius 1 is 1.24 bits per heavy atom. The summed E-state index contributed by atoms with van der Waals surface area (Å²) in [7, 11) is 0. The van der Waals surface area contributed by atoms with Crippen molar-refractivity contribution < 1.29 is 31.5 Å². The van der Waals surface area contributed by atoms with Gasteiger partial charge >= 0.3 is 5.97 Å². The summed E-state index contributed by atoms with van der Waals surface area (Å²) in [5.41, 5.74) is -6.24. The number of allylic oxidation sites excluding steroid dienone is 3. The van der Waals surface area contributed by atoms with Gasteiger partial charge in [0.25, 0.3) is 0 Å². The third-order valence-electron chi connectivity index (χ3n) is 6.76. The van der Waals surface area contributed by atoms with Gasteiger partial charge in [-0.2, -0.15) is 0 Å². The van der Waals surface area contributed by atoms with Crippen molar-refractivity contribution in [3.63, 3.8) is 0 Å². The van der Waals surface area contributed by atoms with Gasteiger partial charge in [0.15, 0.2) is 0 Å². The summed E-state index contributed by atoms with van der Waals surface area (Å²) in [6.45, 7) is -5.27. The van der Waals surface area contributed by atoms with Crippen LogP contribution in [0.15, 0.2) is 42.1 Å². The molecule has 0 saturated heterocycles. The SMILES string of the molecule is [2H]C1=C2C[C@@H](OC(C)=O)CC([2H])([2H])[C@]2(C([2H])([2H])[2H])C2CC([2H])([2H])[C@]3(C([2H])([2H])[2H])C(c4c([2H])nc([2H])c([2H])c4[2H])=C([2H])CC3C2C1. The zero-order valence-electron chi connectivity index (χ0n) is 32.1. The molecule has 4 aliphatic carbocycles. The van der Waals surface area contributed by atoms with Crippen LogP contribution < -0.4 is 0 Å². The zero-order valence-corrected chi connectivity index (χ0v) is 16.1. The van der Waals surface area contributed by atoms with E-state index in [1.807, 2.05) is 0 Å². The van der Waals surface area contributed by atoms with Crippen molar-refractivity contribution in [3.8, 4) is 0 Å². The first-order chi connectivity index (χ1) is 20.4. The van der Waals surface area contributed by atoms with Gasteiger partial charge in [0.2, 0.25) is 0 Å². The fourth-order valence-corrected chi connectivity index (χ4v) is 5.45. The normalized spacial score (nSPS) is 53.8. The molecular weight excluding hydrogens is 358 g/mol. The molecule has 3 heteroatoms. The molecule has 0 spiro atoms. The molecule has 1 heterocycles. The maximum atomic E-state index is 11.8. The number of carbonyl (C=O) groups excluding carboxylic acids is 1. The summed E-state index contributed by atoms with van der Waals surface area (Å²) in [4.78, 5) is 15.4. The summed E-state index contributed by atoms with van der Waals surface area (Å²) in [5, 5.41) is 0. The summed E-state index contributed by atoms with van der Waals surface area (Å²) in [6.07, 6.45) is -10.4. The molecule has 2 fully saturated rings. The largest absolute Gasteiger partial charge is 0.462 e. The van der Waals surface area contributed by atoms with E-state index in [1.165, 1.54) is 0 Å². The first-order valence-corrected chi connectivity index (χ1v) is 9.89. The number of pyridine rings is 1. The number of aromatic nitrogens is 1. The summed E-state index contributed by atoms with van der Waals surface area (Å²) >= 11 is 0. The first kappa shape index (κ1) is 8.32. The van der Waals surface area contributed by atoms with E-state index >= 15 is 0 Å². The van der Waals surface area contributed by atoms with Crippen molar-refractivity contribution in [1.29, 1.82) is 0 Å². The van der Waals surface area contributed by atoms with Crippen molar-refractivity contribution in [2.45, 2.75) is 71.6 Å². The number of ether oxygens (including phenoxy) is 1. The van der Waals surface area contributed by atoms with Gasteiger partial charge in [0.1, 0.15) is 6.10 Å². The molecule has 6 atom stereocenters. The number of carbonyl (C=O) groups is 1. The predicted octanol–water partition coefficient (Wildman–Crippen LogP) is 5.97. The van der Waals surface area contributed by atoms with Crippen LogP contribution >= 0.6 is 0 Å². The lowest BCUT2D eigenvalue weighted by molar-refractivity contribution is -0.148. The van der Waals surface area contributed by atoms with Crippen molar-refractivity contribution in [2.75, 3.05) is 0 Å². The van der Waals surface area contributed by atoms with Crippen molar-refractivity contribution >= 4 is 11.5 Å². The minimum absolute atomic E-state index is 0.114. The Kier molecular flexibility index (Phi) is 1.96. The maximum absolute atomic E-state index is 11.8. The minimum atomic E-state index is -3.25. The van der Waals surface area contributed by atoms with Crippen molar-refractivity contribution in [3.05, 3.63) is 47.7 Å². The smallest absolute Gasteiger partial charge is 0.302 e. The van der Waals surface area contributed by atoms with Gasteiger partial charge in [0, 0.05) is 39.4 Å². The zero-order chi connectivity index (χ0) is 34.0. The van der Waals surface area contributed by atoms with Crippen LogP contribution in [0.1, 0.15) is 93.0 Å². The topological polar surface area (TPSA) is 39.2 Å². The van der Waals surface area contributed by atoms with Crippen molar-refractivity contribution in [2.24, 2.45) is 28.6 Å². The maximum Gasteiger partial charge on any atom is 0.302 e. The second-order valence-electron chi connectivity index (χ2n) is 8.27. The van der Waals surface area contributed by atoms with Gasteiger partial charge < -0.3 is 4.74 Å². The molecule has 3 nitrogen and oxygen atoms in total. The molecule has 1 aromatic heterocycles. The Balaban J connectivity index is 1.81. The molecular formula is C26H33NO2. The third-order valence-corrected chi connectivity index (χ3v) is 6.76. The Bertz CT molecular complexity index is 1530. The average molecular weight is 408 g/mol. The Labute approximate surface area is 197 Å². The quantitative estimate of drug-likeness (QED) is 0.448. The van der Waals surface area contributed by atoms with Crippen molar-refractivity contribution in [1.82, 2.24) is 4.98 Å². The lowest BCUT2D eigenvalue weighted by Gasteiger charge is -2.57. The standard InChI is InChI=1S/C26H33NO2/c1-17(28)29-20-10-12-25(2)19(15-20)6-7-21-23-9-8-22(18-5-4-14-27-16-18)26(23,3)13-11-24(21)25/h4-6,8,14,16,20-21,23-24H,7,9-13,15H2,1-3H3/t20-,21?,23?,24?,25-,26+/m0/s1/i2D3,3D3,4D,5D,6D,8D,12D2,13D2,14D,16D. The first-order valence-electron chi connectivity index (χ1n) is 17.9. The number of hydrogen-bond donors (Lipinski definition) is 0. The second kappa shape index (κ2) is 6.82. The molecule has 5 rings (SSSR count). The van der Waals surface area contributed by atoms with Crippen LogP contribution in [0.5, 0.6) is 0 Å². The molecule has 0 aliphatic heterocycles. The van der Waals surface area contributed by atoms with Crippen LogP contribution in [0.4, 0.5) is 0 Å². The molecule has 4 aliphatic rings. The van der Waals surface area contributed by atoms with Gasteiger partial charge in [-0.05, 0) is 84.2 Å². The van der Waals surface area contributed by atoms with E-state index in [4.69, 9.17) is 23.9 Å². The number of rotatable bonds is 2. The van der Waals surface area contributed by atoms with E-state index in [2.05, 4.69) is 4.98 Å². The van der Waals surface area contributed by atoms with Gasteiger partial charge in [-0.25, -0.2) is 0 Å². The van der Waals surface area contributed by atoms with Gasteiger partial charge in [-0.1, -0.05) is 37.4 Å². The highest BCUT2D eigenvalue weighted by Crippen LogP contribution is 2.66. The highest BCUT2D eigenvalue weighted by atomic mass is 16.5.